The highest BCUT2D eigenvalue weighted by atomic mass is 32.2. The van der Waals surface area contributed by atoms with Crippen LogP contribution in [-0.4, -0.2) is 138 Å². The van der Waals surface area contributed by atoms with Gasteiger partial charge < -0.3 is 14.7 Å². The highest BCUT2D eigenvalue weighted by Gasteiger charge is 2.98. The summed E-state index contributed by atoms with van der Waals surface area (Å²) in [6, 6.07) is 0. The van der Waals surface area contributed by atoms with E-state index in [9.17, 15) is 110 Å². The van der Waals surface area contributed by atoms with Crippen LogP contribution >= 0.6 is 0 Å². The first-order valence-electron chi connectivity index (χ1n) is 12.2. The van der Waals surface area contributed by atoms with E-state index in [-0.39, 0.29) is 0 Å². The second-order valence-electron chi connectivity index (χ2n) is 10.7. The molecule has 0 aliphatic carbocycles. The summed E-state index contributed by atoms with van der Waals surface area (Å²) < 4.78 is 309. The molecule has 0 rings (SSSR count). The van der Waals surface area contributed by atoms with Crippen LogP contribution in [0.3, 0.4) is 0 Å². The summed E-state index contributed by atoms with van der Waals surface area (Å²) >= 11 is 0. The number of halogens is 21. The van der Waals surface area contributed by atoms with Gasteiger partial charge in [-0.05, 0) is 0 Å². The average molecular weight is 815 g/mol. The number of likely N-dealkylation sites (N-methyl/N-ethyl adjacent to an activating group) is 1. The first-order valence-corrected chi connectivity index (χ1v) is 13.6. The van der Waals surface area contributed by atoms with Crippen molar-refractivity contribution in [3.05, 3.63) is 0 Å². The molecule has 0 aliphatic rings. The number of nitrogens with zero attached hydrogens (tertiary/aromatic N) is 2. The van der Waals surface area contributed by atoms with Crippen molar-refractivity contribution in [1.82, 2.24) is 4.31 Å². The third-order valence-electron chi connectivity index (χ3n) is 6.46. The van der Waals surface area contributed by atoms with Gasteiger partial charge in [-0.3, -0.25) is 4.79 Å². The molecule has 0 aromatic rings. The van der Waals surface area contributed by atoms with E-state index in [1.54, 1.807) is 0 Å². The fourth-order valence-electron chi connectivity index (χ4n) is 3.56. The lowest BCUT2D eigenvalue weighted by Crippen LogP contribution is -2.77. The predicted molar refractivity (Wildman–Crippen MR) is 117 cm³/mol. The van der Waals surface area contributed by atoms with Gasteiger partial charge in [0, 0.05) is 19.5 Å². The molecule has 2 N–H and O–H groups in total. The monoisotopic (exact) mass is 815 g/mol. The van der Waals surface area contributed by atoms with Gasteiger partial charge in [-0.1, -0.05) is 0 Å². The van der Waals surface area contributed by atoms with E-state index >= 15 is 0 Å². The average Bonchev–Trinajstić information content (AvgIpc) is 2.87. The molecule has 8 nitrogen and oxygen atoms in total. The fourth-order valence-corrected chi connectivity index (χ4v) is 5.04. The zero-order chi connectivity index (χ0) is 41.0. The summed E-state index contributed by atoms with van der Waals surface area (Å²) in [5.74, 6) is -77.0. The summed E-state index contributed by atoms with van der Waals surface area (Å²) in [6.07, 6.45) is -10.9. The maximum absolute atomic E-state index is 14.7. The lowest BCUT2D eigenvalue weighted by atomic mass is 9.87. The third-order valence-corrected chi connectivity index (χ3v) is 8.40. The van der Waals surface area contributed by atoms with Gasteiger partial charge in [-0.25, -0.2) is 13.2 Å². The maximum atomic E-state index is 14.7. The quantitative estimate of drug-likeness (QED) is 0.125. The first kappa shape index (κ1) is 47.3. The molecule has 0 radical (unpaired) electrons. The normalized spacial score (nSPS) is 15.8. The van der Waals surface area contributed by atoms with Gasteiger partial charge in [0.25, 0.3) is 10.0 Å². The number of carbonyl (C=O) groups is 2. The molecule has 0 bridgehead atoms. The van der Waals surface area contributed by atoms with Gasteiger partial charge in [0.05, 0.1) is 27.1 Å². The van der Waals surface area contributed by atoms with E-state index in [1.165, 1.54) is 0 Å². The minimum absolute atomic E-state index is 0.699. The Bertz CT molecular complexity index is 1360. The van der Waals surface area contributed by atoms with Gasteiger partial charge in [-0.15, -0.1) is 0 Å². The molecule has 298 valence electrons. The van der Waals surface area contributed by atoms with Crippen molar-refractivity contribution in [2.75, 3.05) is 40.3 Å². The Labute approximate surface area is 264 Å². The minimum atomic E-state index is -9.47. The molecule has 0 aliphatic heterocycles. The zero-order valence-electron chi connectivity index (χ0n) is 24.0. The lowest BCUT2D eigenvalue weighted by molar-refractivity contribution is -0.883. The van der Waals surface area contributed by atoms with Crippen molar-refractivity contribution < 1.29 is 125 Å². The summed E-state index contributed by atoms with van der Waals surface area (Å²) in [7, 11) is -5.84. The number of carboxylic acids is 2. The molecule has 0 heterocycles. The Kier molecular flexibility index (Phi) is 12.7. The second kappa shape index (κ2) is 13.4. The van der Waals surface area contributed by atoms with Crippen molar-refractivity contribution in [3.63, 3.8) is 0 Å². The smallest absolute Gasteiger partial charge is 0.460 e. The summed E-state index contributed by atoms with van der Waals surface area (Å²) in [6.45, 7) is -5.31. The molecule has 0 aromatic heterocycles. The number of hydrogen-bond acceptors (Lipinski definition) is 4. The Morgan fingerprint density at radius 2 is 0.860 bits per heavy atom. The second-order valence-corrected chi connectivity index (χ2v) is 12.7. The third kappa shape index (κ3) is 7.32. The van der Waals surface area contributed by atoms with Crippen molar-refractivity contribution in [2.24, 2.45) is 0 Å². The Hall–Kier alpha value is -2.66. The van der Waals surface area contributed by atoms with E-state index in [0.29, 0.717) is 0 Å². The number of carboxylic acid groups (broad SMARTS) is 2. The molecule has 0 saturated heterocycles. The first-order chi connectivity index (χ1) is 21.4. The van der Waals surface area contributed by atoms with Crippen LogP contribution in [0.2, 0.25) is 0 Å². The SMILES string of the molecule is C[N+](C)(CCCN(CCC(=O)O)S(=O)(=O)C(F)(F)C(F)(F)C(F)(F)C(F)(F)C(F)(F)C(F)(F)C(F)(F)C(F)(F)C(F)(F)C(F)(F)F)CC(=O)O. The van der Waals surface area contributed by atoms with Gasteiger partial charge in [0.2, 0.25) is 0 Å². The Balaban J connectivity index is 7.23. The molecule has 0 aromatic carbocycles. The highest BCUT2D eigenvalue weighted by Crippen LogP contribution is 2.66. The van der Waals surface area contributed by atoms with Crippen LogP contribution in [-0.2, 0) is 19.6 Å². The van der Waals surface area contributed by atoms with E-state index in [2.05, 4.69) is 0 Å². The number of hydrogen-bond donors (Lipinski definition) is 2. The maximum Gasteiger partial charge on any atom is 0.460 e. The molecule has 0 spiro atoms. The van der Waals surface area contributed by atoms with Crippen LogP contribution < -0.4 is 0 Å². The molecule has 0 fully saturated rings. The van der Waals surface area contributed by atoms with Crippen LogP contribution in [0, 0.1) is 0 Å². The highest BCUT2D eigenvalue weighted by molar-refractivity contribution is 7.90. The number of sulfonamides is 1. The number of rotatable bonds is 19. The Morgan fingerprint density at radius 3 is 1.16 bits per heavy atom. The molecule has 0 atom stereocenters. The van der Waals surface area contributed by atoms with Gasteiger partial charge in [0.15, 0.2) is 6.54 Å². The van der Waals surface area contributed by atoms with Crippen LogP contribution in [0.5, 0.6) is 0 Å². The lowest BCUT2D eigenvalue weighted by Gasteiger charge is -2.44. The van der Waals surface area contributed by atoms with Crippen LogP contribution in [0.4, 0.5) is 92.2 Å². The van der Waals surface area contributed by atoms with E-state index in [0.717, 1.165) is 14.1 Å². The van der Waals surface area contributed by atoms with E-state index in [1.807, 2.05) is 0 Å². The topological polar surface area (TPSA) is 112 Å². The Morgan fingerprint density at radius 1 is 0.540 bits per heavy atom. The molecule has 30 heteroatoms. The number of aliphatic carboxylic acids is 2. The zero-order valence-corrected chi connectivity index (χ0v) is 24.8. The molecule has 0 amide bonds. The number of quaternary nitrogens is 1. The van der Waals surface area contributed by atoms with Gasteiger partial charge in [-0.2, -0.15) is 96.5 Å². The standard InChI is InChI=1S/C20H19F21N2O6S/c1-43(2,8-10(46)47)7-3-5-42(6-4-9(44)45)50(48,49)20(40,41)18(35,36)16(31,32)14(27,28)12(23,24)11(21,22)13(25,26)15(29,30)17(33,34)19(37,38)39/h3-8H2,1-2H3,(H-,44,45,46,47)/p+1. The largest absolute Gasteiger partial charge is 0.481 e. The van der Waals surface area contributed by atoms with Crippen LogP contribution in [0.15, 0.2) is 0 Å². The van der Waals surface area contributed by atoms with Gasteiger partial charge >= 0.3 is 70.7 Å². The summed E-state index contributed by atoms with van der Waals surface area (Å²) in [5, 5.41) is 9.37. The van der Waals surface area contributed by atoms with Crippen molar-refractivity contribution in [2.45, 2.75) is 71.7 Å². The van der Waals surface area contributed by atoms with Crippen LogP contribution in [0.25, 0.3) is 0 Å². The minimum Gasteiger partial charge on any atom is -0.481 e. The molecular weight excluding hydrogens is 795 g/mol. The predicted octanol–water partition coefficient (Wildman–Crippen LogP) is 5.88. The van der Waals surface area contributed by atoms with Gasteiger partial charge in [0.1, 0.15) is 0 Å². The van der Waals surface area contributed by atoms with Crippen molar-refractivity contribution in [1.29, 1.82) is 0 Å². The molecular formula is C20H20F21N2O6S+. The molecule has 0 saturated carbocycles. The molecule has 50 heavy (non-hydrogen) atoms. The van der Waals surface area contributed by atoms with Crippen molar-refractivity contribution in [3.8, 4) is 0 Å². The van der Waals surface area contributed by atoms with E-state index < -0.39 is 129 Å². The van der Waals surface area contributed by atoms with Crippen LogP contribution in [0.1, 0.15) is 12.8 Å². The van der Waals surface area contributed by atoms with E-state index in [4.69, 9.17) is 10.2 Å². The van der Waals surface area contributed by atoms with Crippen molar-refractivity contribution >= 4 is 22.0 Å². The summed E-state index contributed by atoms with van der Waals surface area (Å²) in [4.78, 5) is 21.6. The summed E-state index contributed by atoms with van der Waals surface area (Å²) in [5.41, 5.74) is 0. The fraction of sp³-hybridized carbons (Fsp3) is 0.900. The number of alkyl halides is 21. The molecule has 0 unspecified atom stereocenters.